The van der Waals surface area contributed by atoms with Crippen molar-refractivity contribution in [3.05, 3.63) is 0 Å². The molecule has 3 aliphatic rings. The summed E-state index contributed by atoms with van der Waals surface area (Å²) in [5.74, 6) is 2.78. The van der Waals surface area contributed by atoms with Crippen molar-refractivity contribution < 1.29 is 23.5 Å². The molecule has 0 aromatic rings. The van der Waals surface area contributed by atoms with Crippen molar-refractivity contribution >= 4 is 13.5 Å². The first-order chi connectivity index (χ1) is 17.4. The molecule has 37 heavy (non-hydrogen) atoms. The quantitative estimate of drug-likeness (QED) is 0.359. The highest BCUT2D eigenvalue weighted by Crippen LogP contribution is 2.56. The number of hydrogen-bond donors (Lipinski definition) is 1. The van der Waals surface area contributed by atoms with E-state index in [1.165, 1.54) is 12.8 Å². The highest BCUT2D eigenvalue weighted by Gasteiger charge is 2.43. The van der Waals surface area contributed by atoms with Crippen LogP contribution in [0.4, 0.5) is 0 Å². The second kappa shape index (κ2) is 13.7. The fraction of sp³-hybridized carbons (Fsp3) is 0.966. The Balaban J connectivity index is 1.75. The molecule has 0 unspecified atom stereocenters. The van der Waals surface area contributed by atoms with Gasteiger partial charge in [0.25, 0.3) is 0 Å². The zero-order valence-electron chi connectivity index (χ0n) is 24.6. The van der Waals surface area contributed by atoms with Gasteiger partial charge in [-0.05, 0) is 61.2 Å². The number of hydrogen-bond acceptors (Lipinski definition) is 6. The van der Waals surface area contributed by atoms with Crippen LogP contribution in [0.2, 0.25) is 0 Å². The van der Waals surface area contributed by atoms with Crippen molar-refractivity contribution in [1.29, 1.82) is 0 Å². The molecule has 7 atom stereocenters. The molecule has 0 spiro atoms. The lowest BCUT2D eigenvalue weighted by Gasteiger charge is -2.42. The van der Waals surface area contributed by atoms with Gasteiger partial charge in [0.15, 0.2) is 0 Å². The predicted octanol–water partition coefficient (Wildman–Crippen LogP) is 5.66. The van der Waals surface area contributed by atoms with Crippen LogP contribution in [-0.2, 0) is 18.4 Å². The zero-order valence-corrected chi connectivity index (χ0v) is 25.5. The minimum atomic E-state index is -3.56. The van der Waals surface area contributed by atoms with Gasteiger partial charge in [0.2, 0.25) is 5.91 Å². The van der Waals surface area contributed by atoms with E-state index in [0.29, 0.717) is 68.2 Å². The van der Waals surface area contributed by atoms with Crippen molar-refractivity contribution in [2.45, 2.75) is 105 Å². The summed E-state index contributed by atoms with van der Waals surface area (Å²) in [7, 11) is -3.56. The van der Waals surface area contributed by atoms with Crippen LogP contribution >= 0.6 is 7.60 Å². The van der Waals surface area contributed by atoms with Gasteiger partial charge < -0.3 is 19.1 Å². The number of aliphatic hydroxyl groups excluding tert-OH is 1. The van der Waals surface area contributed by atoms with E-state index in [9.17, 15) is 14.5 Å². The van der Waals surface area contributed by atoms with Gasteiger partial charge in [0.05, 0.1) is 24.5 Å². The van der Waals surface area contributed by atoms with Gasteiger partial charge in [-0.1, -0.05) is 54.4 Å². The second-order valence-corrected chi connectivity index (χ2v) is 15.2. The summed E-state index contributed by atoms with van der Waals surface area (Å²) in [4.78, 5) is 15.7. The number of amides is 1. The number of rotatable bonds is 10. The van der Waals surface area contributed by atoms with E-state index in [2.05, 4.69) is 46.4 Å². The Hall–Kier alpha value is -0.460. The zero-order chi connectivity index (χ0) is 27.3. The van der Waals surface area contributed by atoms with Crippen molar-refractivity contribution in [3.8, 4) is 0 Å². The van der Waals surface area contributed by atoms with E-state index in [0.717, 1.165) is 25.7 Å². The van der Waals surface area contributed by atoms with Crippen LogP contribution in [0, 0.1) is 35.5 Å². The minimum absolute atomic E-state index is 0.0331. The van der Waals surface area contributed by atoms with Gasteiger partial charge in [-0.15, -0.1) is 0 Å². The first kappa shape index (κ1) is 31.1. The summed E-state index contributed by atoms with van der Waals surface area (Å²) >= 11 is 0. The SMILES string of the molecule is CC(=O)N1CCN(C[C@H](O)CP(=O)(O[C@@H]2C[C@H](C)CC[C@@H]2C(C)C)O[C@@H]2C[C@H](C)CC[C@@H]2C(C)C)CC1. The highest BCUT2D eigenvalue weighted by molar-refractivity contribution is 7.53. The van der Waals surface area contributed by atoms with Gasteiger partial charge in [0.1, 0.15) is 0 Å². The molecule has 1 N–H and O–H groups in total. The Kier molecular flexibility index (Phi) is 11.5. The molecule has 2 aliphatic carbocycles. The van der Waals surface area contributed by atoms with E-state index >= 15 is 0 Å². The topological polar surface area (TPSA) is 79.3 Å². The third-order valence-electron chi connectivity index (χ3n) is 9.24. The van der Waals surface area contributed by atoms with Gasteiger partial charge in [-0.3, -0.25) is 14.3 Å². The molecule has 3 fully saturated rings. The van der Waals surface area contributed by atoms with E-state index in [1.54, 1.807) is 6.92 Å². The molecule has 1 amide bonds. The van der Waals surface area contributed by atoms with Crippen molar-refractivity contribution in [1.82, 2.24) is 9.80 Å². The fourth-order valence-electron chi connectivity index (χ4n) is 6.85. The molecule has 2 saturated carbocycles. The normalized spacial score (nSPS) is 33.2. The number of aliphatic hydroxyl groups is 1. The lowest BCUT2D eigenvalue weighted by molar-refractivity contribution is -0.130. The maximum atomic E-state index is 14.6. The first-order valence-corrected chi connectivity index (χ1v) is 16.7. The molecule has 0 aromatic heterocycles. The molecule has 7 nitrogen and oxygen atoms in total. The highest BCUT2D eigenvalue weighted by atomic mass is 31.2. The molecular weight excluding hydrogens is 487 g/mol. The largest absolute Gasteiger partial charge is 0.391 e. The lowest BCUT2D eigenvalue weighted by atomic mass is 9.75. The third-order valence-corrected chi connectivity index (χ3v) is 11.3. The summed E-state index contributed by atoms with van der Waals surface area (Å²) in [6.45, 7) is 18.2. The Labute approximate surface area is 226 Å². The average molecular weight is 543 g/mol. The molecular formula is C29H55N2O5P. The van der Waals surface area contributed by atoms with E-state index in [-0.39, 0.29) is 24.3 Å². The van der Waals surface area contributed by atoms with Crippen LogP contribution < -0.4 is 0 Å². The van der Waals surface area contributed by atoms with Crippen molar-refractivity contribution in [2.75, 3.05) is 38.9 Å². The Bertz CT molecular complexity index is 731. The molecule has 1 saturated heterocycles. The van der Waals surface area contributed by atoms with Crippen LogP contribution in [0.25, 0.3) is 0 Å². The number of nitrogens with zero attached hydrogens (tertiary/aromatic N) is 2. The van der Waals surface area contributed by atoms with Crippen LogP contribution in [0.15, 0.2) is 0 Å². The fourth-order valence-corrected chi connectivity index (χ4v) is 9.02. The smallest absolute Gasteiger partial charge is 0.333 e. The van der Waals surface area contributed by atoms with E-state index in [4.69, 9.17) is 9.05 Å². The van der Waals surface area contributed by atoms with Gasteiger partial charge in [-0.25, -0.2) is 0 Å². The summed E-state index contributed by atoms with van der Waals surface area (Å²) < 4.78 is 27.8. The molecule has 0 bridgehead atoms. The molecule has 0 radical (unpaired) electrons. The van der Waals surface area contributed by atoms with E-state index in [1.807, 2.05) is 4.90 Å². The molecule has 8 heteroatoms. The van der Waals surface area contributed by atoms with Gasteiger partial charge in [-0.2, -0.15) is 0 Å². The maximum Gasteiger partial charge on any atom is 0.333 e. The molecule has 3 rings (SSSR count). The van der Waals surface area contributed by atoms with Gasteiger partial charge in [0, 0.05) is 39.6 Å². The Morgan fingerprint density at radius 3 is 1.73 bits per heavy atom. The molecule has 0 aromatic carbocycles. The van der Waals surface area contributed by atoms with Crippen molar-refractivity contribution in [3.63, 3.8) is 0 Å². The lowest BCUT2D eigenvalue weighted by Crippen LogP contribution is -2.50. The molecule has 216 valence electrons. The molecule has 1 aliphatic heterocycles. The van der Waals surface area contributed by atoms with Crippen LogP contribution in [-0.4, -0.2) is 78.0 Å². The van der Waals surface area contributed by atoms with Crippen molar-refractivity contribution in [2.24, 2.45) is 35.5 Å². The predicted molar refractivity (Wildman–Crippen MR) is 150 cm³/mol. The number of piperazine rings is 1. The van der Waals surface area contributed by atoms with Crippen LogP contribution in [0.1, 0.15) is 87.0 Å². The third kappa shape index (κ3) is 9.03. The van der Waals surface area contributed by atoms with E-state index < -0.39 is 13.7 Å². The summed E-state index contributed by atoms with van der Waals surface area (Å²) in [6, 6.07) is 0. The summed E-state index contributed by atoms with van der Waals surface area (Å²) in [5.41, 5.74) is 0. The Morgan fingerprint density at radius 1 is 0.865 bits per heavy atom. The Morgan fingerprint density at radius 2 is 1.32 bits per heavy atom. The minimum Gasteiger partial charge on any atom is -0.391 e. The maximum absolute atomic E-state index is 14.6. The first-order valence-electron chi connectivity index (χ1n) is 15.0. The number of carbonyl (C=O) groups excluding carboxylic acids is 1. The monoisotopic (exact) mass is 542 g/mol. The average Bonchev–Trinajstić information content (AvgIpc) is 2.78. The summed E-state index contributed by atoms with van der Waals surface area (Å²) in [6.07, 6.45) is 5.36. The van der Waals surface area contributed by atoms with Gasteiger partial charge >= 0.3 is 7.60 Å². The standard InChI is InChI=1S/C29H55N2O5P/c1-20(2)26-10-8-22(5)16-28(26)35-37(34,36-29-17-23(6)9-11-27(29)21(3)4)19-25(33)18-30-12-14-31(15-13-30)24(7)32/h20-23,25-29,33H,8-19H2,1-7H3/t22-,23-,25+,26-,27-,28-,29-/m1/s1. The second-order valence-electron chi connectivity index (χ2n) is 13.2. The molecule has 1 heterocycles. The number of β-amino-alcohol motifs (C(OH)–C–C–N with tert-alkyl or cyclic N) is 1. The number of carbonyl (C=O) groups is 1. The van der Waals surface area contributed by atoms with Crippen LogP contribution in [0.3, 0.4) is 0 Å². The van der Waals surface area contributed by atoms with Crippen LogP contribution in [0.5, 0.6) is 0 Å². The summed E-state index contributed by atoms with van der Waals surface area (Å²) in [5, 5.41) is 11.2.